The first-order chi connectivity index (χ1) is 23.7. The minimum atomic E-state index is -4.33. The number of para-hydroxylation sites is 5. The molecule has 1 atom stereocenters. The van der Waals surface area contributed by atoms with Crippen molar-refractivity contribution in [1.82, 2.24) is 0 Å². The second-order valence-corrected chi connectivity index (χ2v) is 14.9. The highest BCUT2D eigenvalue weighted by molar-refractivity contribution is 7.85. The number of hydrogen-bond donors (Lipinski definition) is 1. The summed E-state index contributed by atoms with van der Waals surface area (Å²) in [5, 5.41) is 0. The molecule has 6 rings (SSSR count). The topological polar surface area (TPSA) is 79.3 Å². The maximum Gasteiger partial charge on any atom is 0.265 e. The van der Waals surface area contributed by atoms with E-state index in [1.807, 2.05) is 54.6 Å². The van der Waals surface area contributed by atoms with Gasteiger partial charge in [0.25, 0.3) is 10.1 Å². The molecular weight excluding hydrogens is 633 g/mol. The van der Waals surface area contributed by atoms with Crippen molar-refractivity contribution in [2.75, 3.05) is 15.6 Å². The van der Waals surface area contributed by atoms with Gasteiger partial charge in [0.05, 0.1) is 28.5 Å². The first kappa shape index (κ1) is 34.8. The van der Waals surface area contributed by atoms with Crippen LogP contribution < -0.4 is 19.3 Å². The molecule has 0 saturated heterocycles. The Morgan fingerprint density at radius 2 is 1.24 bits per heavy atom. The van der Waals surface area contributed by atoms with Gasteiger partial charge in [-0.15, -0.1) is 0 Å². The van der Waals surface area contributed by atoms with Gasteiger partial charge in [-0.3, -0.25) is 4.55 Å². The Labute approximate surface area is 292 Å². The fourth-order valence-corrected chi connectivity index (χ4v) is 8.08. The van der Waals surface area contributed by atoms with Crippen molar-refractivity contribution in [3.8, 4) is 23.0 Å². The van der Waals surface area contributed by atoms with Gasteiger partial charge in [0, 0.05) is 6.42 Å². The molecule has 2 aliphatic rings. The lowest BCUT2D eigenvalue weighted by Crippen LogP contribution is -2.59. The van der Waals surface area contributed by atoms with Crippen LogP contribution in [0.1, 0.15) is 95.8 Å². The van der Waals surface area contributed by atoms with E-state index in [4.69, 9.17) is 9.47 Å². The van der Waals surface area contributed by atoms with Crippen LogP contribution in [0.4, 0.5) is 22.7 Å². The first-order valence-corrected chi connectivity index (χ1v) is 19.7. The minimum Gasteiger partial charge on any atom is -0.453 e. The zero-order valence-corrected chi connectivity index (χ0v) is 30.2. The fraction of sp³-hybridized carbons (Fsp3) is 0.415. The molecule has 4 aromatic carbocycles. The number of fused-ring (bicyclic) bond motifs is 4. The summed E-state index contributed by atoms with van der Waals surface area (Å²) in [5.41, 5.74) is 6.14. The molecule has 0 saturated carbocycles. The van der Waals surface area contributed by atoms with Gasteiger partial charge >= 0.3 is 0 Å². The maximum absolute atomic E-state index is 12.8. The summed E-state index contributed by atoms with van der Waals surface area (Å²) in [6.07, 6.45) is 9.59. The largest absolute Gasteiger partial charge is 0.453 e. The Morgan fingerprint density at radius 3 is 1.86 bits per heavy atom. The van der Waals surface area contributed by atoms with Crippen molar-refractivity contribution in [2.24, 2.45) is 0 Å². The summed E-state index contributed by atoms with van der Waals surface area (Å²) >= 11 is 0. The van der Waals surface area contributed by atoms with Gasteiger partial charge in [-0.25, -0.2) is 0 Å². The van der Waals surface area contributed by atoms with Crippen molar-refractivity contribution in [3.05, 3.63) is 95.6 Å². The monoisotopic (exact) mass is 682 g/mol. The highest BCUT2D eigenvalue weighted by atomic mass is 32.2. The summed E-state index contributed by atoms with van der Waals surface area (Å²) in [6.45, 7) is 8.74. The highest BCUT2D eigenvalue weighted by Gasteiger charge is 2.50. The molecular formula is C41H50N2O5S. The van der Waals surface area contributed by atoms with E-state index in [1.165, 1.54) is 11.1 Å². The molecule has 0 bridgehead atoms. The molecule has 49 heavy (non-hydrogen) atoms. The van der Waals surface area contributed by atoms with Gasteiger partial charge in [0.15, 0.2) is 23.0 Å². The molecule has 0 spiro atoms. The van der Waals surface area contributed by atoms with Gasteiger partial charge in [-0.05, 0) is 98.0 Å². The average Bonchev–Trinajstić information content (AvgIpc) is 3.11. The van der Waals surface area contributed by atoms with Crippen LogP contribution in [0.15, 0.2) is 78.9 Å². The van der Waals surface area contributed by atoms with Crippen LogP contribution in [0.25, 0.3) is 0 Å². The standard InChI is InChI=1S/C41H50N2O5S/c1-5-9-17-30-28-32(19-11-7-3)40-35(29-30)43(39-31(18-10-6-2)20-16-25-38(39)48-40)41(8-4,26-27-49(44,45)46)42-33-21-12-14-23-36(33)47-37-24-15-13-22-34(37)42/h12-16,20-25,28-29H,5-11,17-19,26-27H2,1-4H3,(H,44,45,46). The number of ether oxygens (including phenoxy) is 2. The lowest BCUT2D eigenvalue weighted by Gasteiger charge is -2.55. The van der Waals surface area contributed by atoms with Crippen LogP contribution >= 0.6 is 0 Å². The van der Waals surface area contributed by atoms with Crippen LogP contribution in [0.2, 0.25) is 0 Å². The highest BCUT2D eigenvalue weighted by Crippen LogP contribution is 2.59. The van der Waals surface area contributed by atoms with Crippen molar-refractivity contribution < 1.29 is 22.4 Å². The number of benzene rings is 4. The van der Waals surface area contributed by atoms with E-state index in [0.717, 1.165) is 97.6 Å². The number of aryl methyl sites for hydroxylation is 3. The summed E-state index contributed by atoms with van der Waals surface area (Å²) in [4.78, 5) is 4.66. The Balaban J connectivity index is 1.72. The summed E-state index contributed by atoms with van der Waals surface area (Å²) in [7, 11) is -4.33. The van der Waals surface area contributed by atoms with Gasteiger partial charge < -0.3 is 19.3 Å². The van der Waals surface area contributed by atoms with E-state index in [0.29, 0.717) is 17.9 Å². The SMILES string of the molecule is CCCCc1cc(CCCC)c2c(c1)N(C(CC)(CCS(=O)(=O)O)N1c3ccccc3Oc3ccccc31)c1c(CCCC)cccc1O2. The van der Waals surface area contributed by atoms with Crippen LogP contribution in [0.3, 0.4) is 0 Å². The molecule has 8 heteroatoms. The molecule has 2 heterocycles. The molecule has 4 aromatic rings. The number of nitrogens with zero attached hydrogens (tertiary/aromatic N) is 2. The molecule has 2 aliphatic heterocycles. The normalized spacial score (nSPS) is 14.6. The van der Waals surface area contributed by atoms with Gasteiger partial charge in [-0.1, -0.05) is 89.4 Å². The van der Waals surface area contributed by atoms with E-state index >= 15 is 0 Å². The van der Waals surface area contributed by atoms with E-state index in [2.05, 4.69) is 61.8 Å². The predicted octanol–water partition coefficient (Wildman–Crippen LogP) is 11.3. The van der Waals surface area contributed by atoms with Gasteiger partial charge in [-0.2, -0.15) is 8.42 Å². The second-order valence-electron chi connectivity index (χ2n) is 13.4. The van der Waals surface area contributed by atoms with Crippen molar-refractivity contribution >= 4 is 32.9 Å². The second kappa shape index (κ2) is 14.9. The molecule has 260 valence electrons. The van der Waals surface area contributed by atoms with Crippen LogP contribution in [0, 0.1) is 0 Å². The molecule has 0 amide bonds. The zero-order chi connectivity index (χ0) is 34.6. The molecule has 0 radical (unpaired) electrons. The van der Waals surface area contributed by atoms with E-state index < -0.39 is 21.5 Å². The minimum absolute atomic E-state index is 0.121. The third-order valence-corrected chi connectivity index (χ3v) is 10.7. The first-order valence-electron chi connectivity index (χ1n) is 18.1. The number of rotatable bonds is 15. The van der Waals surface area contributed by atoms with Gasteiger partial charge in [0.1, 0.15) is 5.66 Å². The van der Waals surface area contributed by atoms with Crippen LogP contribution in [0.5, 0.6) is 23.0 Å². The predicted molar refractivity (Wildman–Crippen MR) is 200 cm³/mol. The third kappa shape index (κ3) is 6.90. The quantitative estimate of drug-likeness (QED) is 0.125. The lowest BCUT2D eigenvalue weighted by molar-refractivity contribution is 0.357. The Bertz CT molecular complexity index is 1850. The molecule has 0 fully saturated rings. The van der Waals surface area contributed by atoms with Crippen LogP contribution in [-0.4, -0.2) is 24.4 Å². The maximum atomic E-state index is 12.8. The molecule has 0 aromatic heterocycles. The molecule has 1 unspecified atom stereocenters. The molecule has 0 aliphatic carbocycles. The zero-order valence-electron chi connectivity index (χ0n) is 29.4. The molecule has 7 nitrogen and oxygen atoms in total. The van der Waals surface area contributed by atoms with E-state index in [1.54, 1.807) is 0 Å². The number of anilines is 4. The third-order valence-electron chi connectivity index (χ3n) is 9.97. The average molecular weight is 683 g/mol. The Morgan fingerprint density at radius 1 is 0.653 bits per heavy atom. The smallest absolute Gasteiger partial charge is 0.265 e. The lowest BCUT2D eigenvalue weighted by atomic mass is 9.89. The summed E-state index contributed by atoms with van der Waals surface area (Å²) in [6, 6.07) is 26.8. The Kier molecular flexibility index (Phi) is 10.6. The number of unbranched alkanes of at least 4 members (excludes halogenated alkanes) is 3. The van der Waals surface area contributed by atoms with Gasteiger partial charge in [0.2, 0.25) is 0 Å². The van der Waals surface area contributed by atoms with Crippen molar-refractivity contribution in [3.63, 3.8) is 0 Å². The van der Waals surface area contributed by atoms with Crippen molar-refractivity contribution in [1.29, 1.82) is 0 Å². The molecule has 1 N–H and O–H groups in total. The van der Waals surface area contributed by atoms with E-state index in [9.17, 15) is 13.0 Å². The summed E-state index contributed by atoms with van der Waals surface area (Å²) in [5.74, 6) is 2.56. The Hall–Kier alpha value is -4.01. The summed E-state index contributed by atoms with van der Waals surface area (Å²) < 4.78 is 49.4. The van der Waals surface area contributed by atoms with Crippen molar-refractivity contribution in [2.45, 2.75) is 104 Å². The number of hydrogen-bond acceptors (Lipinski definition) is 6. The van der Waals surface area contributed by atoms with Crippen LogP contribution in [-0.2, 0) is 29.4 Å². The van der Waals surface area contributed by atoms with E-state index in [-0.39, 0.29) is 6.42 Å². The fourth-order valence-electron chi connectivity index (χ4n) is 7.50.